The topological polar surface area (TPSA) is 61.8 Å². The van der Waals surface area contributed by atoms with Crippen LogP contribution in [0.4, 0.5) is 14.9 Å². The molecule has 132 valence electrons. The van der Waals surface area contributed by atoms with Crippen molar-refractivity contribution in [1.29, 1.82) is 0 Å². The number of nitrogens with one attached hydrogen (secondary N) is 1. The largest absolute Gasteiger partial charge is 0.487 e. The summed E-state index contributed by atoms with van der Waals surface area (Å²) in [4.78, 5) is 13.4. The number of hydrogen-bond donors (Lipinski definition) is 2. The first-order valence-corrected chi connectivity index (χ1v) is 8.42. The standard InChI is InChI=1S/C18H25FN2O3/c1-10-9-11-14(6-5-12(19)15(11)24-10)21-8-7-13(20-17(22)23)16(21)18(2,3)4/h5-6,10,13,16,20H,7-9H2,1-4H3,(H,22,23)/t10?,13-,16?/m0/s1. The Balaban J connectivity index is 2.00. The molecule has 3 atom stereocenters. The van der Waals surface area contributed by atoms with Gasteiger partial charge in [0.05, 0.1) is 12.1 Å². The van der Waals surface area contributed by atoms with E-state index in [1.54, 1.807) is 6.07 Å². The third-order valence-corrected chi connectivity index (χ3v) is 4.90. The number of benzene rings is 1. The second-order valence-electron chi connectivity index (χ2n) is 7.86. The summed E-state index contributed by atoms with van der Waals surface area (Å²) in [6.45, 7) is 8.99. The fraction of sp³-hybridized carbons (Fsp3) is 0.611. The van der Waals surface area contributed by atoms with Gasteiger partial charge in [0.1, 0.15) is 6.10 Å². The molecule has 1 saturated heterocycles. The van der Waals surface area contributed by atoms with Gasteiger partial charge in [-0.15, -0.1) is 0 Å². The molecule has 1 fully saturated rings. The van der Waals surface area contributed by atoms with E-state index in [4.69, 9.17) is 9.84 Å². The zero-order chi connectivity index (χ0) is 17.6. The number of carboxylic acid groups (broad SMARTS) is 1. The summed E-state index contributed by atoms with van der Waals surface area (Å²) in [7, 11) is 0. The molecule has 1 amide bonds. The van der Waals surface area contributed by atoms with Crippen molar-refractivity contribution in [1.82, 2.24) is 5.32 Å². The van der Waals surface area contributed by atoms with E-state index in [1.165, 1.54) is 6.07 Å². The Morgan fingerprint density at radius 3 is 2.75 bits per heavy atom. The van der Waals surface area contributed by atoms with Gasteiger partial charge < -0.3 is 20.1 Å². The molecule has 0 radical (unpaired) electrons. The Bertz CT molecular complexity index is 656. The van der Waals surface area contributed by atoms with E-state index in [9.17, 15) is 9.18 Å². The maximum atomic E-state index is 14.1. The Labute approximate surface area is 141 Å². The smallest absolute Gasteiger partial charge is 0.404 e. The number of halogens is 1. The van der Waals surface area contributed by atoms with E-state index in [-0.39, 0.29) is 29.4 Å². The number of anilines is 1. The molecule has 0 aromatic heterocycles. The first-order chi connectivity index (χ1) is 11.2. The number of fused-ring (bicyclic) bond motifs is 1. The number of hydrogen-bond acceptors (Lipinski definition) is 3. The van der Waals surface area contributed by atoms with Crippen LogP contribution in [0.1, 0.15) is 39.7 Å². The SMILES string of the molecule is CC1Cc2c(N3CC[C@H](NC(=O)O)C3C(C)(C)C)ccc(F)c2O1. The number of nitrogens with zero attached hydrogens (tertiary/aromatic N) is 1. The molecule has 0 aliphatic carbocycles. The van der Waals surface area contributed by atoms with Gasteiger partial charge in [-0.1, -0.05) is 20.8 Å². The molecule has 1 aromatic carbocycles. The monoisotopic (exact) mass is 336 g/mol. The van der Waals surface area contributed by atoms with Gasteiger partial charge in [0.2, 0.25) is 0 Å². The zero-order valence-electron chi connectivity index (χ0n) is 14.6. The molecule has 0 saturated carbocycles. The van der Waals surface area contributed by atoms with E-state index in [2.05, 4.69) is 31.0 Å². The van der Waals surface area contributed by atoms with Gasteiger partial charge in [-0.25, -0.2) is 9.18 Å². The summed E-state index contributed by atoms with van der Waals surface area (Å²) in [5, 5.41) is 11.8. The third kappa shape index (κ3) is 2.89. The summed E-state index contributed by atoms with van der Waals surface area (Å²) in [6, 6.07) is 3.10. The predicted molar refractivity (Wildman–Crippen MR) is 90.3 cm³/mol. The maximum Gasteiger partial charge on any atom is 0.404 e. The van der Waals surface area contributed by atoms with Crippen molar-refractivity contribution in [3.8, 4) is 5.75 Å². The lowest BCUT2D eigenvalue weighted by molar-refractivity contribution is 0.182. The minimum atomic E-state index is -1.00. The molecule has 2 N–H and O–H groups in total. The highest BCUT2D eigenvalue weighted by atomic mass is 19.1. The quantitative estimate of drug-likeness (QED) is 0.869. The average molecular weight is 336 g/mol. The number of ether oxygens (including phenoxy) is 1. The van der Waals surface area contributed by atoms with Crippen LogP contribution in [0.5, 0.6) is 5.75 Å². The minimum Gasteiger partial charge on any atom is -0.487 e. The third-order valence-electron chi connectivity index (χ3n) is 4.90. The highest BCUT2D eigenvalue weighted by Gasteiger charge is 2.44. The van der Waals surface area contributed by atoms with Gasteiger partial charge in [-0.3, -0.25) is 0 Å². The molecule has 1 aromatic rings. The van der Waals surface area contributed by atoms with Crippen molar-refractivity contribution in [2.75, 3.05) is 11.4 Å². The average Bonchev–Trinajstić information content (AvgIpc) is 3.02. The van der Waals surface area contributed by atoms with Crippen molar-refractivity contribution in [3.05, 3.63) is 23.5 Å². The van der Waals surface area contributed by atoms with Gasteiger partial charge in [-0.2, -0.15) is 0 Å². The van der Waals surface area contributed by atoms with Crippen LogP contribution in [0, 0.1) is 11.2 Å². The first-order valence-electron chi connectivity index (χ1n) is 8.42. The van der Waals surface area contributed by atoms with Gasteiger partial charge >= 0.3 is 6.09 Å². The molecule has 0 spiro atoms. The molecule has 6 heteroatoms. The van der Waals surface area contributed by atoms with Crippen LogP contribution in [-0.4, -0.2) is 35.9 Å². The van der Waals surface area contributed by atoms with Crippen LogP contribution >= 0.6 is 0 Å². The molecular weight excluding hydrogens is 311 g/mol. The first kappa shape index (κ1) is 16.9. The van der Waals surface area contributed by atoms with Crippen molar-refractivity contribution < 1.29 is 19.0 Å². The molecule has 2 aliphatic heterocycles. The van der Waals surface area contributed by atoms with E-state index in [0.717, 1.165) is 24.2 Å². The summed E-state index contributed by atoms with van der Waals surface area (Å²) in [5.74, 6) is 0.0205. The molecule has 2 unspecified atom stereocenters. The van der Waals surface area contributed by atoms with Crippen molar-refractivity contribution in [2.45, 2.75) is 58.7 Å². The predicted octanol–water partition coefficient (Wildman–Crippen LogP) is 3.41. The Hall–Kier alpha value is -1.98. The molecule has 3 rings (SSSR count). The maximum absolute atomic E-state index is 14.1. The van der Waals surface area contributed by atoms with Crippen molar-refractivity contribution in [3.63, 3.8) is 0 Å². The fourth-order valence-corrected chi connectivity index (χ4v) is 4.16. The highest BCUT2D eigenvalue weighted by Crippen LogP contribution is 2.43. The van der Waals surface area contributed by atoms with Gasteiger partial charge in [0.25, 0.3) is 0 Å². The van der Waals surface area contributed by atoms with Gasteiger partial charge in [0.15, 0.2) is 11.6 Å². The van der Waals surface area contributed by atoms with Crippen molar-refractivity contribution in [2.24, 2.45) is 5.41 Å². The molecule has 2 heterocycles. The Kier molecular flexibility index (Phi) is 4.10. The normalized spacial score (nSPS) is 26.2. The lowest BCUT2D eigenvalue weighted by atomic mass is 9.82. The summed E-state index contributed by atoms with van der Waals surface area (Å²) in [5.41, 5.74) is 1.73. The van der Waals surface area contributed by atoms with Crippen LogP contribution in [0.25, 0.3) is 0 Å². The number of amides is 1. The van der Waals surface area contributed by atoms with Crippen LogP contribution < -0.4 is 15.0 Å². The summed E-state index contributed by atoms with van der Waals surface area (Å²) < 4.78 is 19.7. The van der Waals surface area contributed by atoms with Gasteiger partial charge in [-0.05, 0) is 30.9 Å². The second kappa shape index (κ2) is 5.83. The second-order valence-corrected chi connectivity index (χ2v) is 7.86. The molecular formula is C18H25FN2O3. The summed E-state index contributed by atoms with van der Waals surface area (Å²) >= 11 is 0. The fourth-order valence-electron chi connectivity index (χ4n) is 4.16. The zero-order valence-corrected chi connectivity index (χ0v) is 14.6. The Morgan fingerprint density at radius 1 is 1.42 bits per heavy atom. The van der Waals surface area contributed by atoms with Crippen molar-refractivity contribution >= 4 is 11.8 Å². The van der Waals surface area contributed by atoms with Gasteiger partial charge in [0, 0.05) is 24.2 Å². The highest BCUT2D eigenvalue weighted by molar-refractivity contribution is 5.67. The van der Waals surface area contributed by atoms with Crippen LogP contribution in [0.3, 0.4) is 0 Å². The number of rotatable bonds is 2. The molecule has 24 heavy (non-hydrogen) atoms. The number of carbonyl (C=O) groups is 1. The Morgan fingerprint density at radius 2 is 2.12 bits per heavy atom. The lowest BCUT2D eigenvalue weighted by Gasteiger charge is -2.40. The van der Waals surface area contributed by atoms with E-state index >= 15 is 0 Å². The van der Waals surface area contributed by atoms with E-state index in [0.29, 0.717) is 12.2 Å². The van der Waals surface area contributed by atoms with Crippen LogP contribution in [0.15, 0.2) is 12.1 Å². The minimum absolute atomic E-state index is 0.000864. The molecule has 2 aliphatic rings. The summed E-state index contributed by atoms with van der Waals surface area (Å²) in [6.07, 6.45) is 0.362. The van der Waals surface area contributed by atoms with E-state index < -0.39 is 6.09 Å². The van der Waals surface area contributed by atoms with Crippen LogP contribution in [0.2, 0.25) is 0 Å². The molecule has 0 bridgehead atoms. The lowest BCUT2D eigenvalue weighted by Crippen LogP contribution is -2.51. The van der Waals surface area contributed by atoms with Crippen LogP contribution in [-0.2, 0) is 6.42 Å². The van der Waals surface area contributed by atoms with E-state index in [1.807, 2.05) is 6.92 Å². The molecule has 5 nitrogen and oxygen atoms in total.